The second kappa shape index (κ2) is 7.72. The van der Waals surface area contributed by atoms with Crippen LogP contribution in [0.15, 0.2) is 18.2 Å². The van der Waals surface area contributed by atoms with Crippen molar-refractivity contribution < 1.29 is 32.1 Å². The number of alkyl halides is 3. The van der Waals surface area contributed by atoms with Crippen LogP contribution in [0.1, 0.15) is 12.0 Å². The Morgan fingerprint density at radius 1 is 1.25 bits per heavy atom. The Labute approximate surface area is 113 Å². The molecule has 0 saturated heterocycles. The van der Waals surface area contributed by atoms with E-state index in [0.717, 1.165) is 6.07 Å². The molecule has 1 rings (SSSR count). The molecule has 0 radical (unpaired) electrons. The third-order valence-corrected chi connectivity index (χ3v) is 1.96. The quantitative estimate of drug-likeness (QED) is 0.392. The van der Waals surface area contributed by atoms with Crippen molar-refractivity contribution in [2.75, 3.05) is 20.0 Å². The largest absolute Gasteiger partial charge is 0.464 e. The minimum absolute atomic E-state index is 0.0944. The first-order valence-corrected chi connectivity index (χ1v) is 5.59. The summed E-state index contributed by atoms with van der Waals surface area (Å²) in [7, 11) is 0. The van der Waals surface area contributed by atoms with Gasteiger partial charge >= 0.3 is 6.18 Å². The lowest BCUT2D eigenvalue weighted by Gasteiger charge is -2.10. The maximum Gasteiger partial charge on any atom is 0.411 e. The van der Waals surface area contributed by atoms with Gasteiger partial charge in [-0.15, -0.1) is 0 Å². The summed E-state index contributed by atoms with van der Waals surface area (Å²) in [6.07, 6.45) is -4.19. The number of hydrogen-bond acceptors (Lipinski definition) is 3. The molecule has 3 nitrogen and oxygen atoms in total. The van der Waals surface area contributed by atoms with E-state index in [1.54, 1.807) is 0 Å². The van der Waals surface area contributed by atoms with Gasteiger partial charge in [0.05, 0.1) is 6.61 Å². The van der Waals surface area contributed by atoms with Crippen LogP contribution >= 0.6 is 0 Å². The topological polar surface area (TPSA) is 38.7 Å². The third kappa shape index (κ3) is 6.41. The lowest BCUT2D eigenvalue weighted by molar-refractivity contribution is -0.187. The van der Waals surface area contributed by atoms with E-state index >= 15 is 0 Å². The Balaban J connectivity index is 2.57. The molecular weight excluding hydrogens is 280 g/mol. The second-order valence-electron chi connectivity index (χ2n) is 3.65. The maximum absolute atomic E-state index is 13.3. The van der Waals surface area contributed by atoms with Crippen LogP contribution in [-0.2, 0) is 4.74 Å². The predicted octanol–water partition coefficient (Wildman–Crippen LogP) is 2.47. The number of ether oxygens (including phenoxy) is 2. The lowest BCUT2D eigenvalue weighted by atomic mass is 10.2. The van der Waals surface area contributed by atoms with Gasteiger partial charge in [-0.05, 0) is 18.2 Å². The number of benzene rings is 1. The number of halogens is 4. The van der Waals surface area contributed by atoms with E-state index in [1.807, 2.05) is 0 Å². The monoisotopic (exact) mass is 292 g/mol. The zero-order valence-electron chi connectivity index (χ0n) is 10.3. The van der Waals surface area contributed by atoms with E-state index in [1.165, 1.54) is 12.1 Å². The molecular formula is C13H12F4O3. The summed E-state index contributed by atoms with van der Waals surface area (Å²) in [4.78, 5) is 0. The van der Waals surface area contributed by atoms with E-state index in [2.05, 4.69) is 16.6 Å². The molecule has 0 saturated carbocycles. The number of aliphatic hydroxyl groups is 1. The Hall–Kier alpha value is -1.78. The van der Waals surface area contributed by atoms with Crippen LogP contribution in [0.3, 0.4) is 0 Å². The van der Waals surface area contributed by atoms with Gasteiger partial charge in [-0.2, -0.15) is 13.2 Å². The fourth-order valence-corrected chi connectivity index (χ4v) is 1.17. The smallest absolute Gasteiger partial charge is 0.411 e. The van der Waals surface area contributed by atoms with E-state index in [9.17, 15) is 17.6 Å². The highest BCUT2D eigenvalue weighted by atomic mass is 19.4. The van der Waals surface area contributed by atoms with Gasteiger partial charge in [-0.1, -0.05) is 11.8 Å². The van der Waals surface area contributed by atoms with Crippen molar-refractivity contribution in [1.82, 2.24) is 0 Å². The molecule has 0 spiro atoms. The molecule has 1 aromatic rings. The second-order valence-corrected chi connectivity index (χ2v) is 3.65. The summed E-state index contributed by atoms with van der Waals surface area (Å²) in [5, 5.41) is 8.56. The first kappa shape index (κ1) is 16.3. The Morgan fingerprint density at radius 2 is 2.00 bits per heavy atom. The summed E-state index contributed by atoms with van der Waals surface area (Å²) in [5.74, 6) is 4.30. The van der Waals surface area contributed by atoms with Crippen molar-refractivity contribution in [3.8, 4) is 17.6 Å². The van der Waals surface area contributed by atoms with Crippen LogP contribution in [0, 0.1) is 17.7 Å². The van der Waals surface area contributed by atoms with Gasteiger partial charge in [0, 0.05) is 12.0 Å². The summed E-state index contributed by atoms with van der Waals surface area (Å²) in [5.41, 5.74) is 0.422. The highest BCUT2D eigenvalue weighted by molar-refractivity contribution is 5.40. The summed E-state index contributed by atoms with van der Waals surface area (Å²) in [6, 6.07) is 3.72. The van der Waals surface area contributed by atoms with Crippen LogP contribution in [-0.4, -0.2) is 31.3 Å². The Kier molecular flexibility index (Phi) is 6.28. The average Bonchev–Trinajstić information content (AvgIpc) is 2.37. The van der Waals surface area contributed by atoms with Crippen molar-refractivity contribution >= 4 is 0 Å². The Bertz CT molecular complexity index is 489. The van der Waals surface area contributed by atoms with Gasteiger partial charge in [-0.3, -0.25) is 0 Å². The van der Waals surface area contributed by atoms with Crippen molar-refractivity contribution in [2.45, 2.75) is 12.6 Å². The van der Waals surface area contributed by atoms with Gasteiger partial charge in [0.2, 0.25) is 0 Å². The SMILES string of the molecule is OCCC#Cc1ccc(F)c(OCOCC(F)(F)F)c1. The minimum atomic E-state index is -4.46. The van der Waals surface area contributed by atoms with Gasteiger partial charge in [-0.25, -0.2) is 4.39 Å². The molecule has 0 fully saturated rings. The fourth-order valence-electron chi connectivity index (χ4n) is 1.17. The normalized spacial score (nSPS) is 10.8. The molecule has 1 aromatic carbocycles. The Morgan fingerprint density at radius 3 is 2.65 bits per heavy atom. The minimum Gasteiger partial charge on any atom is -0.464 e. The third-order valence-electron chi connectivity index (χ3n) is 1.96. The van der Waals surface area contributed by atoms with Crippen molar-refractivity contribution in [1.29, 1.82) is 0 Å². The summed E-state index contributed by atoms with van der Waals surface area (Å²) in [6.45, 7) is -2.28. The van der Waals surface area contributed by atoms with Gasteiger partial charge in [0.25, 0.3) is 0 Å². The predicted molar refractivity (Wildman–Crippen MR) is 62.5 cm³/mol. The van der Waals surface area contributed by atoms with Crippen LogP contribution in [0.2, 0.25) is 0 Å². The summed E-state index contributed by atoms with van der Waals surface area (Å²) >= 11 is 0. The zero-order valence-corrected chi connectivity index (χ0v) is 10.3. The first-order valence-electron chi connectivity index (χ1n) is 5.59. The molecule has 0 bridgehead atoms. The molecule has 7 heteroatoms. The van der Waals surface area contributed by atoms with Crippen LogP contribution < -0.4 is 4.74 Å². The molecule has 0 aliphatic carbocycles. The molecule has 20 heavy (non-hydrogen) atoms. The van der Waals surface area contributed by atoms with Gasteiger partial charge in [0.15, 0.2) is 18.4 Å². The van der Waals surface area contributed by atoms with E-state index in [4.69, 9.17) is 9.84 Å². The molecule has 110 valence electrons. The van der Waals surface area contributed by atoms with E-state index < -0.39 is 25.4 Å². The molecule has 0 aliphatic heterocycles. The molecule has 0 heterocycles. The van der Waals surface area contributed by atoms with Crippen molar-refractivity contribution in [2.24, 2.45) is 0 Å². The summed E-state index contributed by atoms with van der Waals surface area (Å²) < 4.78 is 57.7. The van der Waals surface area contributed by atoms with E-state index in [-0.39, 0.29) is 18.8 Å². The van der Waals surface area contributed by atoms with Crippen LogP contribution in [0.4, 0.5) is 17.6 Å². The number of hydrogen-bond donors (Lipinski definition) is 1. The lowest BCUT2D eigenvalue weighted by Crippen LogP contribution is -2.19. The molecule has 0 atom stereocenters. The zero-order chi connectivity index (χ0) is 15.0. The van der Waals surface area contributed by atoms with Crippen LogP contribution in [0.5, 0.6) is 5.75 Å². The molecule has 0 amide bonds. The number of rotatable bonds is 5. The van der Waals surface area contributed by atoms with Crippen molar-refractivity contribution in [3.63, 3.8) is 0 Å². The molecule has 1 N–H and O–H groups in total. The molecule has 0 unspecified atom stereocenters. The van der Waals surface area contributed by atoms with Crippen LogP contribution in [0.25, 0.3) is 0 Å². The first-order chi connectivity index (χ1) is 9.42. The van der Waals surface area contributed by atoms with Crippen molar-refractivity contribution in [3.05, 3.63) is 29.6 Å². The maximum atomic E-state index is 13.3. The molecule has 0 aliphatic rings. The standard InChI is InChI=1S/C13H12F4O3/c14-11-5-4-10(3-1-2-6-18)7-12(11)20-9-19-8-13(15,16)17/h4-5,7,18H,2,6,8-9H2. The molecule has 0 aromatic heterocycles. The van der Waals surface area contributed by atoms with E-state index in [0.29, 0.717) is 5.56 Å². The fraction of sp³-hybridized carbons (Fsp3) is 0.385. The number of aliphatic hydroxyl groups excluding tert-OH is 1. The highest BCUT2D eigenvalue weighted by Crippen LogP contribution is 2.19. The van der Waals surface area contributed by atoms with Gasteiger partial charge < -0.3 is 14.6 Å². The van der Waals surface area contributed by atoms with Gasteiger partial charge in [0.1, 0.15) is 6.61 Å². The average molecular weight is 292 g/mol. The highest BCUT2D eigenvalue weighted by Gasteiger charge is 2.27.